The molecule has 0 unspecified atom stereocenters. The van der Waals surface area contributed by atoms with Crippen LogP contribution in [0.2, 0.25) is 0 Å². The third-order valence-corrected chi connectivity index (χ3v) is 2.20. The number of rotatable bonds is 7. The number of phosphoric acid groups is 1. The minimum absolute atomic E-state index is 0. The van der Waals surface area contributed by atoms with Crippen LogP contribution in [0.5, 0.6) is 0 Å². The molecule has 0 saturated carbocycles. The van der Waals surface area contributed by atoms with Gasteiger partial charge in [-0.2, -0.15) is 0 Å². The summed E-state index contributed by atoms with van der Waals surface area (Å²) in [7, 11) is -4.23. The quantitative estimate of drug-likeness (QED) is 0.410. The maximum absolute atomic E-state index is 10.2. The van der Waals surface area contributed by atoms with Gasteiger partial charge in [0.05, 0.1) is 6.61 Å². The molecule has 4 nitrogen and oxygen atoms in total. The van der Waals surface area contributed by atoms with E-state index in [1.807, 2.05) is 0 Å². The Morgan fingerprint density at radius 2 is 1.79 bits per heavy atom. The van der Waals surface area contributed by atoms with Crippen molar-refractivity contribution in [1.29, 1.82) is 0 Å². The van der Waals surface area contributed by atoms with Gasteiger partial charge >= 0.3 is 59.2 Å². The van der Waals surface area contributed by atoms with Crippen LogP contribution < -0.4 is 0 Å². The van der Waals surface area contributed by atoms with Crippen molar-refractivity contribution in [1.82, 2.24) is 0 Å². The Bertz CT molecular complexity index is 169. The van der Waals surface area contributed by atoms with E-state index >= 15 is 0 Å². The molecule has 0 aromatic carbocycles. The fraction of sp³-hybridized carbons (Fsp3) is 1.00. The molecule has 2 N–H and O–H groups in total. The Balaban J connectivity index is 0. The Kier molecular flexibility index (Phi) is 12.9. The van der Waals surface area contributed by atoms with E-state index in [-0.39, 0.29) is 58.0 Å². The molecular formula is C8H20KO4P. The molecule has 0 amide bonds. The Morgan fingerprint density at radius 1 is 1.21 bits per heavy atom. The second-order valence-corrected chi connectivity index (χ2v) is 4.81. The van der Waals surface area contributed by atoms with Gasteiger partial charge in [0, 0.05) is 0 Å². The monoisotopic (exact) mass is 250 g/mol. The van der Waals surface area contributed by atoms with Gasteiger partial charge in [0.15, 0.2) is 0 Å². The van der Waals surface area contributed by atoms with Gasteiger partial charge in [-0.15, -0.1) is 0 Å². The summed E-state index contributed by atoms with van der Waals surface area (Å²) in [5, 5.41) is 0. The fourth-order valence-corrected chi connectivity index (χ4v) is 1.38. The second kappa shape index (κ2) is 9.94. The van der Waals surface area contributed by atoms with E-state index in [2.05, 4.69) is 18.4 Å². The van der Waals surface area contributed by atoms with E-state index in [1.54, 1.807) is 0 Å². The van der Waals surface area contributed by atoms with E-state index in [1.165, 1.54) is 0 Å². The summed E-state index contributed by atoms with van der Waals surface area (Å²) in [5.74, 6) is 0.697. The zero-order chi connectivity index (χ0) is 10.3. The Labute approximate surface area is 128 Å². The first-order chi connectivity index (χ1) is 5.92. The predicted molar refractivity (Wildman–Crippen MR) is 58.5 cm³/mol. The molecule has 0 bridgehead atoms. The SMILES string of the molecule is CC(C)CCCCCOP(=O)(O)O.[KH]. The minimum atomic E-state index is -4.23. The molecule has 6 heteroatoms. The van der Waals surface area contributed by atoms with Crippen LogP contribution in [0.1, 0.15) is 39.5 Å². The van der Waals surface area contributed by atoms with Crippen LogP contribution in [-0.4, -0.2) is 67.8 Å². The van der Waals surface area contributed by atoms with Gasteiger partial charge in [-0.25, -0.2) is 4.57 Å². The fourth-order valence-electron chi connectivity index (χ4n) is 1.01. The summed E-state index contributed by atoms with van der Waals surface area (Å²) < 4.78 is 14.5. The Morgan fingerprint density at radius 3 is 2.21 bits per heavy atom. The van der Waals surface area contributed by atoms with Gasteiger partial charge in [0.2, 0.25) is 0 Å². The number of unbranched alkanes of at least 4 members (excludes halogenated alkanes) is 2. The topological polar surface area (TPSA) is 66.8 Å². The molecule has 0 fully saturated rings. The van der Waals surface area contributed by atoms with Gasteiger partial charge in [-0.3, -0.25) is 4.52 Å². The van der Waals surface area contributed by atoms with Gasteiger partial charge in [0.1, 0.15) is 0 Å². The zero-order valence-corrected chi connectivity index (χ0v) is 9.17. The first-order valence-corrected chi connectivity index (χ1v) is 6.15. The molecule has 0 saturated heterocycles. The van der Waals surface area contributed by atoms with Crippen molar-refractivity contribution < 1.29 is 18.9 Å². The zero-order valence-electron chi connectivity index (χ0n) is 8.27. The van der Waals surface area contributed by atoms with E-state index in [4.69, 9.17) is 9.79 Å². The summed E-state index contributed by atoms with van der Waals surface area (Å²) in [5.41, 5.74) is 0. The van der Waals surface area contributed by atoms with Gasteiger partial charge < -0.3 is 9.79 Å². The summed E-state index contributed by atoms with van der Waals surface area (Å²) in [6.45, 7) is 4.47. The van der Waals surface area contributed by atoms with Crippen LogP contribution in [0.4, 0.5) is 0 Å². The molecule has 0 aliphatic rings. The average Bonchev–Trinajstić information content (AvgIpc) is 1.93. The molecule has 14 heavy (non-hydrogen) atoms. The summed E-state index contributed by atoms with van der Waals surface area (Å²) in [6, 6.07) is 0. The van der Waals surface area contributed by atoms with Crippen molar-refractivity contribution in [3.8, 4) is 0 Å². The molecular weight excluding hydrogens is 230 g/mol. The van der Waals surface area contributed by atoms with Crippen molar-refractivity contribution in [2.45, 2.75) is 39.5 Å². The van der Waals surface area contributed by atoms with Gasteiger partial charge in [-0.1, -0.05) is 33.1 Å². The van der Waals surface area contributed by atoms with E-state index in [0.717, 1.165) is 25.7 Å². The van der Waals surface area contributed by atoms with Crippen LogP contribution >= 0.6 is 7.82 Å². The molecule has 0 aromatic rings. The van der Waals surface area contributed by atoms with Crippen molar-refractivity contribution >= 4 is 59.2 Å². The maximum atomic E-state index is 10.2. The van der Waals surface area contributed by atoms with Crippen LogP contribution in [0.3, 0.4) is 0 Å². The number of phosphoric ester groups is 1. The van der Waals surface area contributed by atoms with Crippen LogP contribution in [0.25, 0.3) is 0 Å². The first-order valence-electron chi connectivity index (χ1n) is 4.62. The van der Waals surface area contributed by atoms with Gasteiger partial charge in [0.25, 0.3) is 0 Å². The molecule has 0 heterocycles. The molecule has 0 aromatic heterocycles. The molecule has 0 radical (unpaired) electrons. The molecule has 0 rings (SSSR count). The van der Waals surface area contributed by atoms with Crippen molar-refractivity contribution in [2.24, 2.45) is 5.92 Å². The van der Waals surface area contributed by atoms with Crippen molar-refractivity contribution in [3.63, 3.8) is 0 Å². The second-order valence-electron chi connectivity index (χ2n) is 3.57. The summed E-state index contributed by atoms with van der Waals surface area (Å²) in [4.78, 5) is 16.7. The van der Waals surface area contributed by atoms with Crippen LogP contribution in [0, 0.1) is 5.92 Å². The van der Waals surface area contributed by atoms with Gasteiger partial charge in [-0.05, 0) is 12.3 Å². The van der Waals surface area contributed by atoms with E-state index < -0.39 is 7.82 Å². The predicted octanol–water partition coefficient (Wildman–Crippen LogP) is 1.66. The molecule has 0 aliphatic carbocycles. The summed E-state index contributed by atoms with van der Waals surface area (Å²) in [6.07, 6.45) is 3.95. The van der Waals surface area contributed by atoms with Crippen molar-refractivity contribution in [2.75, 3.05) is 6.61 Å². The number of hydrogen-bond donors (Lipinski definition) is 2. The average molecular weight is 250 g/mol. The normalized spacial score (nSPS) is 11.5. The molecule has 0 spiro atoms. The molecule has 82 valence electrons. The van der Waals surface area contributed by atoms with Crippen LogP contribution in [0.15, 0.2) is 0 Å². The Hall–Kier alpha value is 1.75. The summed E-state index contributed by atoms with van der Waals surface area (Å²) >= 11 is 0. The van der Waals surface area contributed by atoms with Crippen molar-refractivity contribution in [3.05, 3.63) is 0 Å². The number of hydrogen-bond acceptors (Lipinski definition) is 2. The molecule has 0 atom stereocenters. The first kappa shape index (κ1) is 18.1. The third kappa shape index (κ3) is 16.2. The third-order valence-electron chi connectivity index (χ3n) is 1.69. The van der Waals surface area contributed by atoms with Crippen LogP contribution in [-0.2, 0) is 9.09 Å². The standard InChI is InChI=1S/C8H19O4P.K.H/c1-8(2)6-4-3-5-7-12-13(9,10)11;;/h8H,3-7H2,1-2H3,(H2,9,10,11);;. The van der Waals surface area contributed by atoms with E-state index in [0.29, 0.717) is 5.92 Å². The van der Waals surface area contributed by atoms with E-state index in [9.17, 15) is 4.57 Å². The molecule has 0 aliphatic heterocycles.